The summed E-state index contributed by atoms with van der Waals surface area (Å²) in [7, 11) is 1.80. The van der Waals surface area contributed by atoms with Crippen LogP contribution in [0.5, 0.6) is 0 Å². The maximum absolute atomic E-state index is 12.6. The summed E-state index contributed by atoms with van der Waals surface area (Å²) in [5.74, 6) is -0.446. The number of esters is 1. The molecule has 3 aromatic carbocycles. The first-order valence-electron chi connectivity index (χ1n) is 11.5. The fourth-order valence-electron chi connectivity index (χ4n) is 4.17. The first-order valence-corrected chi connectivity index (χ1v) is 11.5. The van der Waals surface area contributed by atoms with Crippen LogP contribution in [0.25, 0.3) is 0 Å². The molecule has 178 valence electrons. The third-order valence-electron chi connectivity index (χ3n) is 5.75. The topological polar surface area (TPSA) is 85.2 Å². The number of hydrogen-bond donors (Lipinski definition) is 2. The van der Waals surface area contributed by atoms with Crippen molar-refractivity contribution in [3.63, 3.8) is 0 Å². The van der Waals surface area contributed by atoms with Crippen LogP contribution >= 0.6 is 0 Å². The predicted octanol–water partition coefficient (Wildman–Crippen LogP) is 4.72. The van der Waals surface area contributed by atoms with Crippen molar-refractivity contribution in [2.75, 3.05) is 17.2 Å². The van der Waals surface area contributed by atoms with Crippen LogP contribution in [0, 0.1) is 0 Å². The zero-order valence-electron chi connectivity index (χ0n) is 19.8. The Morgan fingerprint density at radius 1 is 0.857 bits per heavy atom. The maximum atomic E-state index is 12.6. The Morgan fingerprint density at radius 3 is 1.80 bits per heavy atom. The highest BCUT2D eigenvalue weighted by molar-refractivity contribution is 6.03. The zero-order chi connectivity index (χ0) is 24.7. The minimum Gasteiger partial charge on any atom is -0.466 e. The van der Waals surface area contributed by atoms with E-state index in [4.69, 9.17) is 4.74 Å². The van der Waals surface area contributed by atoms with E-state index in [0.29, 0.717) is 11.5 Å². The average Bonchev–Trinajstić information content (AvgIpc) is 3.22. The van der Waals surface area contributed by atoms with Gasteiger partial charge in [-0.3, -0.25) is 14.3 Å². The number of ether oxygens (including phenoxy) is 1. The number of aromatic nitrogens is 2. The molecule has 7 nitrogen and oxygen atoms in total. The van der Waals surface area contributed by atoms with Crippen molar-refractivity contribution >= 4 is 23.4 Å². The van der Waals surface area contributed by atoms with Crippen LogP contribution in [0.1, 0.15) is 30.0 Å². The van der Waals surface area contributed by atoms with Crippen molar-refractivity contribution in [2.24, 2.45) is 7.05 Å². The summed E-state index contributed by atoms with van der Waals surface area (Å²) in [5, 5.41) is 10.9. The van der Waals surface area contributed by atoms with Crippen LogP contribution in [0.15, 0.2) is 97.2 Å². The van der Waals surface area contributed by atoms with Gasteiger partial charge in [-0.1, -0.05) is 91.0 Å². The fraction of sp³-hybridized carbons (Fsp3) is 0.179. The van der Waals surface area contributed by atoms with E-state index in [1.165, 1.54) is 0 Å². The standard InChI is InChI=1S/C28H28N4O3/c1-3-35-26(34)19-25(33)30-24-20-29-32(2)27(24)31-28(21-13-7-4-8-14-21,22-15-9-5-10-16-22)23-17-11-6-12-18-23/h4-18,20,31H,3,19H2,1-2H3,(H,30,33). The number of carbonyl (C=O) groups is 2. The highest BCUT2D eigenvalue weighted by atomic mass is 16.5. The van der Waals surface area contributed by atoms with E-state index < -0.39 is 17.4 Å². The molecule has 0 aliphatic carbocycles. The number of hydrogen-bond acceptors (Lipinski definition) is 5. The van der Waals surface area contributed by atoms with Crippen LogP contribution in [-0.2, 0) is 26.9 Å². The number of nitrogens with one attached hydrogen (secondary N) is 2. The Morgan fingerprint density at radius 2 is 1.34 bits per heavy atom. The molecule has 1 heterocycles. The van der Waals surface area contributed by atoms with E-state index in [1.807, 2.05) is 54.6 Å². The molecule has 0 spiro atoms. The lowest BCUT2D eigenvalue weighted by atomic mass is 9.77. The molecule has 35 heavy (non-hydrogen) atoms. The molecule has 0 unspecified atom stereocenters. The van der Waals surface area contributed by atoms with Gasteiger partial charge in [0.1, 0.15) is 23.5 Å². The molecule has 7 heteroatoms. The smallest absolute Gasteiger partial charge is 0.315 e. The number of aryl methyl sites for hydroxylation is 1. The Kier molecular flexibility index (Phi) is 7.26. The number of carbonyl (C=O) groups excluding carboxylic acids is 2. The number of nitrogens with zero attached hydrogens (tertiary/aromatic N) is 2. The van der Waals surface area contributed by atoms with Gasteiger partial charge in [0, 0.05) is 7.05 Å². The van der Waals surface area contributed by atoms with Gasteiger partial charge in [0.05, 0.1) is 12.8 Å². The van der Waals surface area contributed by atoms with E-state index >= 15 is 0 Å². The van der Waals surface area contributed by atoms with Crippen molar-refractivity contribution in [2.45, 2.75) is 18.9 Å². The number of anilines is 2. The van der Waals surface area contributed by atoms with Gasteiger partial charge in [0.15, 0.2) is 0 Å². The quantitative estimate of drug-likeness (QED) is 0.211. The van der Waals surface area contributed by atoms with Crippen molar-refractivity contribution in [3.8, 4) is 0 Å². The van der Waals surface area contributed by atoms with E-state index in [2.05, 4.69) is 52.1 Å². The minimum atomic E-state index is -0.793. The van der Waals surface area contributed by atoms with Gasteiger partial charge in [-0.15, -0.1) is 0 Å². The second kappa shape index (κ2) is 10.7. The zero-order valence-corrected chi connectivity index (χ0v) is 19.8. The largest absolute Gasteiger partial charge is 0.466 e. The molecule has 4 rings (SSSR count). The van der Waals surface area contributed by atoms with Gasteiger partial charge in [-0.2, -0.15) is 5.10 Å². The summed E-state index contributed by atoms with van der Waals surface area (Å²) < 4.78 is 6.57. The van der Waals surface area contributed by atoms with Crippen LogP contribution in [0.2, 0.25) is 0 Å². The third kappa shape index (κ3) is 5.09. The Hall–Kier alpha value is -4.39. The average molecular weight is 469 g/mol. The van der Waals surface area contributed by atoms with E-state index in [-0.39, 0.29) is 13.0 Å². The predicted molar refractivity (Wildman–Crippen MR) is 136 cm³/mol. The molecule has 0 fully saturated rings. The van der Waals surface area contributed by atoms with Crippen LogP contribution in [0.3, 0.4) is 0 Å². The first kappa shape index (κ1) is 23.8. The van der Waals surface area contributed by atoms with Gasteiger partial charge >= 0.3 is 5.97 Å². The van der Waals surface area contributed by atoms with Crippen LogP contribution in [-0.4, -0.2) is 28.3 Å². The van der Waals surface area contributed by atoms with Crippen molar-refractivity contribution in [1.82, 2.24) is 9.78 Å². The summed E-state index contributed by atoms with van der Waals surface area (Å²) >= 11 is 0. The summed E-state index contributed by atoms with van der Waals surface area (Å²) in [4.78, 5) is 24.4. The highest BCUT2D eigenvalue weighted by Gasteiger charge is 2.37. The van der Waals surface area contributed by atoms with Crippen molar-refractivity contribution < 1.29 is 14.3 Å². The molecule has 0 atom stereocenters. The van der Waals surface area contributed by atoms with Gasteiger partial charge in [-0.25, -0.2) is 0 Å². The minimum absolute atomic E-state index is 0.222. The Bertz CT molecular complexity index is 1170. The molecule has 1 aromatic heterocycles. The second-order valence-electron chi connectivity index (χ2n) is 8.03. The van der Waals surface area contributed by atoms with Crippen LogP contribution < -0.4 is 10.6 Å². The molecule has 0 saturated carbocycles. The number of benzene rings is 3. The summed E-state index contributed by atoms with van der Waals surface area (Å²) in [5.41, 5.74) is 2.72. The Labute approximate surface area is 204 Å². The van der Waals surface area contributed by atoms with Crippen molar-refractivity contribution in [1.29, 1.82) is 0 Å². The fourth-order valence-corrected chi connectivity index (χ4v) is 4.17. The third-order valence-corrected chi connectivity index (χ3v) is 5.75. The molecule has 0 aliphatic rings. The number of amides is 1. The molecule has 0 radical (unpaired) electrons. The molecule has 0 saturated heterocycles. The summed E-state index contributed by atoms with van der Waals surface area (Å²) in [6, 6.07) is 30.4. The van der Waals surface area contributed by atoms with Crippen molar-refractivity contribution in [3.05, 3.63) is 114 Å². The maximum Gasteiger partial charge on any atom is 0.315 e. The normalized spacial score (nSPS) is 11.0. The Balaban J connectivity index is 1.82. The molecule has 2 N–H and O–H groups in total. The van der Waals surface area contributed by atoms with Gasteiger partial charge < -0.3 is 15.4 Å². The van der Waals surface area contributed by atoms with Gasteiger partial charge in [-0.05, 0) is 23.6 Å². The van der Waals surface area contributed by atoms with Crippen LogP contribution in [0.4, 0.5) is 11.5 Å². The molecular weight excluding hydrogens is 440 g/mol. The molecule has 0 aliphatic heterocycles. The number of rotatable bonds is 9. The molecule has 1 amide bonds. The lowest BCUT2D eigenvalue weighted by Gasteiger charge is -2.38. The first-order chi connectivity index (χ1) is 17.0. The highest BCUT2D eigenvalue weighted by Crippen LogP contribution is 2.41. The van der Waals surface area contributed by atoms with Gasteiger partial charge in [0.25, 0.3) is 0 Å². The molecule has 4 aromatic rings. The monoisotopic (exact) mass is 468 g/mol. The molecular formula is C28H28N4O3. The van der Waals surface area contributed by atoms with E-state index in [1.54, 1.807) is 24.9 Å². The lowest BCUT2D eigenvalue weighted by molar-refractivity contribution is -0.145. The van der Waals surface area contributed by atoms with Gasteiger partial charge in [0.2, 0.25) is 5.91 Å². The summed E-state index contributed by atoms with van der Waals surface area (Å²) in [6.45, 7) is 1.93. The molecule has 0 bridgehead atoms. The van der Waals surface area contributed by atoms with E-state index in [9.17, 15) is 9.59 Å². The van der Waals surface area contributed by atoms with E-state index in [0.717, 1.165) is 16.7 Å². The second-order valence-corrected chi connectivity index (χ2v) is 8.03. The lowest BCUT2D eigenvalue weighted by Crippen LogP contribution is -2.39. The SMILES string of the molecule is CCOC(=O)CC(=O)Nc1cnn(C)c1NC(c1ccccc1)(c1ccccc1)c1ccccc1. The summed E-state index contributed by atoms with van der Waals surface area (Å²) in [6.07, 6.45) is 1.19.